The molecule has 2 N–H and O–H groups in total. The standard InChI is InChI=1S/C12H18BrN3O/c1-3-8-11(13)9(16(2)15-8)7-10(17)12(14)5-4-6-12/h3-7,14H2,1-2H3. The molecule has 1 aromatic heterocycles. The lowest BCUT2D eigenvalue weighted by atomic mass is 9.73. The van der Waals surface area contributed by atoms with Gasteiger partial charge in [0.25, 0.3) is 0 Å². The van der Waals surface area contributed by atoms with E-state index in [1.807, 2.05) is 7.05 Å². The minimum Gasteiger partial charge on any atom is -0.319 e. The first kappa shape index (κ1) is 12.8. The van der Waals surface area contributed by atoms with E-state index in [1.165, 1.54) is 0 Å². The maximum Gasteiger partial charge on any atom is 0.158 e. The number of nitrogens with two attached hydrogens (primary N) is 1. The van der Waals surface area contributed by atoms with Crippen molar-refractivity contribution < 1.29 is 4.79 Å². The van der Waals surface area contributed by atoms with Gasteiger partial charge in [0.05, 0.1) is 27.8 Å². The van der Waals surface area contributed by atoms with Crippen molar-refractivity contribution in [2.75, 3.05) is 0 Å². The average Bonchev–Trinajstić information content (AvgIpc) is 2.53. The van der Waals surface area contributed by atoms with Gasteiger partial charge >= 0.3 is 0 Å². The maximum atomic E-state index is 12.1. The van der Waals surface area contributed by atoms with Crippen LogP contribution in [-0.2, 0) is 24.7 Å². The summed E-state index contributed by atoms with van der Waals surface area (Å²) in [4.78, 5) is 12.1. The number of Topliss-reactive ketones (excluding diaryl/α,β-unsaturated/α-hetero) is 1. The molecule has 1 heterocycles. The van der Waals surface area contributed by atoms with E-state index in [4.69, 9.17) is 5.73 Å². The Morgan fingerprint density at radius 1 is 1.59 bits per heavy atom. The maximum absolute atomic E-state index is 12.1. The SMILES string of the molecule is CCc1nn(C)c(CC(=O)C2(N)CCC2)c1Br. The number of hydrogen-bond donors (Lipinski definition) is 1. The first-order chi connectivity index (χ1) is 7.98. The first-order valence-electron chi connectivity index (χ1n) is 6.00. The number of rotatable bonds is 4. The molecule has 0 saturated heterocycles. The summed E-state index contributed by atoms with van der Waals surface area (Å²) >= 11 is 3.52. The van der Waals surface area contributed by atoms with Crippen LogP contribution in [0.4, 0.5) is 0 Å². The van der Waals surface area contributed by atoms with Crippen molar-refractivity contribution >= 4 is 21.7 Å². The molecule has 0 spiro atoms. The van der Waals surface area contributed by atoms with E-state index in [2.05, 4.69) is 28.0 Å². The number of carbonyl (C=O) groups excluding carboxylic acids is 1. The monoisotopic (exact) mass is 299 g/mol. The number of aromatic nitrogens is 2. The van der Waals surface area contributed by atoms with E-state index in [0.717, 1.165) is 41.5 Å². The van der Waals surface area contributed by atoms with E-state index >= 15 is 0 Å². The number of nitrogens with zero attached hydrogens (tertiary/aromatic N) is 2. The summed E-state index contributed by atoms with van der Waals surface area (Å²) in [6, 6.07) is 0. The fraction of sp³-hybridized carbons (Fsp3) is 0.667. The number of ketones is 1. The molecule has 0 unspecified atom stereocenters. The molecule has 2 rings (SSSR count). The van der Waals surface area contributed by atoms with Gasteiger partial charge in [-0.25, -0.2) is 0 Å². The molecule has 1 aromatic rings. The van der Waals surface area contributed by atoms with E-state index in [0.29, 0.717) is 6.42 Å². The van der Waals surface area contributed by atoms with Gasteiger partial charge in [0.2, 0.25) is 0 Å². The van der Waals surface area contributed by atoms with Crippen molar-refractivity contribution in [1.82, 2.24) is 9.78 Å². The van der Waals surface area contributed by atoms with Gasteiger partial charge in [-0.15, -0.1) is 0 Å². The van der Waals surface area contributed by atoms with Crippen molar-refractivity contribution in [2.45, 2.75) is 44.6 Å². The summed E-state index contributed by atoms with van der Waals surface area (Å²) < 4.78 is 2.74. The third-order valence-corrected chi connectivity index (χ3v) is 4.55. The summed E-state index contributed by atoms with van der Waals surface area (Å²) in [5, 5.41) is 4.38. The third-order valence-electron chi connectivity index (χ3n) is 3.63. The zero-order valence-electron chi connectivity index (χ0n) is 10.3. The Bertz CT molecular complexity index is 449. The first-order valence-corrected chi connectivity index (χ1v) is 6.79. The molecule has 0 aromatic carbocycles. The second-order valence-electron chi connectivity index (χ2n) is 4.79. The largest absolute Gasteiger partial charge is 0.319 e. The van der Waals surface area contributed by atoms with Gasteiger partial charge < -0.3 is 5.73 Å². The molecule has 4 nitrogen and oxygen atoms in total. The van der Waals surface area contributed by atoms with Crippen molar-refractivity contribution in [3.63, 3.8) is 0 Å². The number of carbonyl (C=O) groups is 1. The van der Waals surface area contributed by atoms with Crippen LogP contribution in [0.2, 0.25) is 0 Å². The lowest BCUT2D eigenvalue weighted by Crippen LogP contribution is -2.54. The van der Waals surface area contributed by atoms with Crippen LogP contribution in [-0.4, -0.2) is 21.1 Å². The van der Waals surface area contributed by atoms with Gasteiger partial charge in [-0.1, -0.05) is 6.92 Å². The molecule has 0 bridgehead atoms. The molecule has 5 heteroatoms. The van der Waals surface area contributed by atoms with Gasteiger partial charge in [-0.3, -0.25) is 9.48 Å². The molecule has 1 aliphatic carbocycles. The van der Waals surface area contributed by atoms with Gasteiger partial charge in [-0.05, 0) is 41.6 Å². The van der Waals surface area contributed by atoms with E-state index in [-0.39, 0.29) is 5.78 Å². The highest BCUT2D eigenvalue weighted by Gasteiger charge is 2.40. The Morgan fingerprint density at radius 3 is 2.65 bits per heavy atom. The highest BCUT2D eigenvalue weighted by atomic mass is 79.9. The molecular formula is C12H18BrN3O. The predicted octanol–water partition coefficient (Wildman–Crippen LogP) is 1.74. The number of aryl methyl sites for hydroxylation is 2. The van der Waals surface area contributed by atoms with Gasteiger partial charge in [0.15, 0.2) is 5.78 Å². The highest BCUT2D eigenvalue weighted by Crippen LogP contribution is 2.32. The topological polar surface area (TPSA) is 60.9 Å². The molecule has 1 fully saturated rings. The summed E-state index contributed by atoms with van der Waals surface area (Å²) in [5.74, 6) is 0.134. The molecular weight excluding hydrogens is 282 g/mol. The van der Waals surface area contributed by atoms with Gasteiger partial charge in [0, 0.05) is 7.05 Å². The zero-order valence-corrected chi connectivity index (χ0v) is 11.9. The van der Waals surface area contributed by atoms with Crippen LogP contribution in [0.1, 0.15) is 37.6 Å². The van der Waals surface area contributed by atoms with E-state index in [1.54, 1.807) is 4.68 Å². The molecule has 0 amide bonds. The Labute approximate surface area is 110 Å². The lowest BCUT2D eigenvalue weighted by molar-refractivity contribution is -0.126. The minimum absolute atomic E-state index is 0.134. The van der Waals surface area contributed by atoms with Crippen LogP contribution in [0.15, 0.2) is 4.47 Å². The Balaban J connectivity index is 2.18. The fourth-order valence-corrected chi connectivity index (χ4v) is 2.93. The number of halogens is 1. The Morgan fingerprint density at radius 2 is 2.24 bits per heavy atom. The second kappa shape index (κ2) is 4.53. The predicted molar refractivity (Wildman–Crippen MR) is 69.8 cm³/mol. The summed E-state index contributed by atoms with van der Waals surface area (Å²) in [5.41, 5.74) is 7.40. The molecule has 94 valence electrons. The lowest BCUT2D eigenvalue weighted by Gasteiger charge is -2.36. The summed E-state index contributed by atoms with van der Waals surface area (Å²) in [7, 11) is 1.87. The van der Waals surface area contributed by atoms with Crippen LogP contribution >= 0.6 is 15.9 Å². The average molecular weight is 300 g/mol. The van der Waals surface area contributed by atoms with Crippen molar-refractivity contribution in [3.05, 3.63) is 15.9 Å². The zero-order chi connectivity index (χ0) is 12.6. The fourth-order valence-electron chi connectivity index (χ4n) is 2.18. The van der Waals surface area contributed by atoms with Crippen LogP contribution in [0, 0.1) is 0 Å². The molecule has 0 atom stereocenters. The summed E-state index contributed by atoms with van der Waals surface area (Å²) in [6.07, 6.45) is 3.94. The van der Waals surface area contributed by atoms with Gasteiger partial charge in [0.1, 0.15) is 0 Å². The normalized spacial score (nSPS) is 17.9. The van der Waals surface area contributed by atoms with Crippen molar-refractivity contribution in [3.8, 4) is 0 Å². The Kier molecular flexibility index (Phi) is 3.41. The van der Waals surface area contributed by atoms with Crippen LogP contribution < -0.4 is 5.73 Å². The molecule has 1 saturated carbocycles. The highest BCUT2D eigenvalue weighted by molar-refractivity contribution is 9.10. The van der Waals surface area contributed by atoms with Crippen LogP contribution in [0.3, 0.4) is 0 Å². The summed E-state index contributed by atoms with van der Waals surface area (Å²) in [6.45, 7) is 2.05. The van der Waals surface area contributed by atoms with E-state index in [9.17, 15) is 4.79 Å². The molecule has 1 aliphatic rings. The van der Waals surface area contributed by atoms with E-state index < -0.39 is 5.54 Å². The number of hydrogen-bond acceptors (Lipinski definition) is 3. The Hall–Kier alpha value is -0.680. The van der Waals surface area contributed by atoms with Crippen molar-refractivity contribution in [1.29, 1.82) is 0 Å². The molecule has 0 radical (unpaired) electrons. The quantitative estimate of drug-likeness (QED) is 0.921. The van der Waals surface area contributed by atoms with Crippen molar-refractivity contribution in [2.24, 2.45) is 12.8 Å². The van der Waals surface area contributed by atoms with Gasteiger partial charge in [-0.2, -0.15) is 5.10 Å². The smallest absolute Gasteiger partial charge is 0.158 e. The van der Waals surface area contributed by atoms with Crippen LogP contribution in [0.25, 0.3) is 0 Å². The minimum atomic E-state index is -0.573. The third kappa shape index (κ3) is 2.18. The molecule has 0 aliphatic heterocycles. The second-order valence-corrected chi connectivity index (χ2v) is 5.59. The molecule has 17 heavy (non-hydrogen) atoms. The van der Waals surface area contributed by atoms with Crippen LogP contribution in [0.5, 0.6) is 0 Å².